The maximum absolute atomic E-state index is 12.5. The molecule has 0 saturated carbocycles. The van der Waals surface area contributed by atoms with E-state index in [0.717, 1.165) is 8.04 Å². The van der Waals surface area contributed by atoms with E-state index in [9.17, 15) is 4.79 Å². The molecule has 108 valence electrons. The monoisotopic (exact) mass is 453 g/mol. The van der Waals surface area contributed by atoms with E-state index in [4.69, 9.17) is 15.7 Å². The van der Waals surface area contributed by atoms with Crippen LogP contribution in [0.5, 0.6) is 0 Å². The van der Waals surface area contributed by atoms with Gasteiger partial charge in [0.25, 0.3) is 5.91 Å². The number of amidine groups is 1. The van der Waals surface area contributed by atoms with Crippen molar-refractivity contribution in [1.29, 1.82) is 0 Å². The van der Waals surface area contributed by atoms with Crippen molar-refractivity contribution in [3.05, 3.63) is 31.8 Å². The number of rotatable bonds is 2. The number of halogens is 2. The molecule has 0 radical (unpaired) electrons. The van der Waals surface area contributed by atoms with Gasteiger partial charge in [0, 0.05) is 14.6 Å². The van der Waals surface area contributed by atoms with Crippen LogP contribution in [0.3, 0.4) is 0 Å². The first-order valence-corrected chi connectivity index (χ1v) is 7.73. The Balaban J connectivity index is 2.18. The molecule has 1 heterocycles. The molecule has 1 aromatic carbocycles. The first-order valence-electron chi connectivity index (χ1n) is 5.86. The lowest BCUT2D eigenvalue weighted by molar-refractivity contribution is 0.00671. The minimum Gasteiger partial charge on any atom is -0.409 e. The fourth-order valence-electron chi connectivity index (χ4n) is 1.91. The summed E-state index contributed by atoms with van der Waals surface area (Å²) in [7, 11) is 0. The molecule has 0 spiro atoms. The van der Waals surface area contributed by atoms with Crippen molar-refractivity contribution in [2.24, 2.45) is 10.9 Å². The van der Waals surface area contributed by atoms with Gasteiger partial charge in [-0.15, -0.1) is 0 Å². The number of hydrogen-bond acceptors (Lipinski definition) is 4. The Hall–Kier alpha value is -0.870. The van der Waals surface area contributed by atoms with Crippen molar-refractivity contribution >= 4 is 50.3 Å². The number of morpholine rings is 1. The molecule has 1 aromatic rings. The summed E-state index contributed by atoms with van der Waals surface area (Å²) < 4.78 is 7.10. The third-order valence-corrected chi connectivity index (χ3v) is 4.32. The van der Waals surface area contributed by atoms with Gasteiger partial charge in [-0.3, -0.25) is 4.79 Å². The molecule has 1 aliphatic heterocycles. The quantitative estimate of drug-likeness (QED) is 0.234. The maximum atomic E-state index is 12.5. The summed E-state index contributed by atoms with van der Waals surface area (Å²) in [6.07, 6.45) is -0.570. The molecular formula is C12H13BrIN3O3. The van der Waals surface area contributed by atoms with Gasteiger partial charge < -0.3 is 20.6 Å². The van der Waals surface area contributed by atoms with Crippen LogP contribution in [0.4, 0.5) is 0 Å². The topological polar surface area (TPSA) is 88.2 Å². The maximum Gasteiger partial charge on any atom is 0.255 e. The molecule has 6 nitrogen and oxygen atoms in total. The predicted octanol–water partition coefficient (Wildman–Crippen LogP) is 1.64. The third kappa shape index (κ3) is 3.41. The number of hydrogen-bond donors (Lipinski definition) is 2. The summed E-state index contributed by atoms with van der Waals surface area (Å²) in [5, 5.41) is 11.6. The van der Waals surface area contributed by atoms with Crippen molar-refractivity contribution < 1.29 is 14.7 Å². The van der Waals surface area contributed by atoms with Gasteiger partial charge in [0.1, 0.15) is 6.10 Å². The smallest absolute Gasteiger partial charge is 0.255 e. The fourth-order valence-corrected chi connectivity index (χ4v) is 2.82. The predicted molar refractivity (Wildman–Crippen MR) is 85.9 cm³/mol. The van der Waals surface area contributed by atoms with E-state index in [1.807, 2.05) is 18.2 Å². The molecule has 1 amide bonds. The summed E-state index contributed by atoms with van der Waals surface area (Å²) in [5.41, 5.74) is 6.12. The summed E-state index contributed by atoms with van der Waals surface area (Å²) in [4.78, 5) is 14.2. The summed E-state index contributed by atoms with van der Waals surface area (Å²) >= 11 is 5.54. The number of ether oxygens (including phenoxy) is 1. The zero-order valence-electron chi connectivity index (χ0n) is 10.4. The molecule has 1 atom stereocenters. The lowest BCUT2D eigenvalue weighted by Gasteiger charge is -2.32. The molecule has 1 unspecified atom stereocenters. The fraction of sp³-hybridized carbons (Fsp3) is 0.333. The molecule has 20 heavy (non-hydrogen) atoms. The van der Waals surface area contributed by atoms with Crippen LogP contribution < -0.4 is 5.73 Å². The van der Waals surface area contributed by atoms with E-state index in [-0.39, 0.29) is 18.3 Å². The van der Waals surface area contributed by atoms with Crippen LogP contribution in [0.15, 0.2) is 27.8 Å². The number of benzene rings is 1. The Morgan fingerprint density at radius 1 is 1.60 bits per heavy atom. The van der Waals surface area contributed by atoms with Crippen LogP contribution in [0, 0.1) is 3.57 Å². The molecule has 1 fully saturated rings. The average Bonchev–Trinajstić information content (AvgIpc) is 2.48. The summed E-state index contributed by atoms with van der Waals surface area (Å²) in [5.74, 6) is -0.126. The molecule has 1 aliphatic rings. The largest absolute Gasteiger partial charge is 0.409 e. The van der Waals surface area contributed by atoms with Gasteiger partial charge in [-0.25, -0.2) is 0 Å². The van der Waals surface area contributed by atoms with Crippen LogP contribution in [0.2, 0.25) is 0 Å². The highest BCUT2D eigenvalue weighted by molar-refractivity contribution is 14.1. The summed E-state index contributed by atoms with van der Waals surface area (Å²) in [6.45, 7) is 1.10. The highest BCUT2D eigenvalue weighted by atomic mass is 127. The number of oxime groups is 1. The second-order valence-corrected chi connectivity index (χ2v) is 6.36. The molecule has 8 heteroatoms. The van der Waals surface area contributed by atoms with Gasteiger partial charge in [0.2, 0.25) is 0 Å². The van der Waals surface area contributed by atoms with Crippen LogP contribution in [-0.4, -0.2) is 47.7 Å². The minimum atomic E-state index is -0.570. The Morgan fingerprint density at radius 2 is 2.35 bits per heavy atom. The van der Waals surface area contributed by atoms with Crippen molar-refractivity contribution in [2.45, 2.75) is 6.10 Å². The number of carbonyl (C=O) groups is 1. The minimum absolute atomic E-state index is 0.0239. The Bertz CT molecular complexity index is 553. The van der Waals surface area contributed by atoms with Crippen molar-refractivity contribution in [1.82, 2.24) is 4.90 Å². The molecule has 0 aromatic heterocycles. The van der Waals surface area contributed by atoms with E-state index in [1.54, 1.807) is 4.90 Å². The highest BCUT2D eigenvalue weighted by Crippen LogP contribution is 2.22. The van der Waals surface area contributed by atoms with Crippen LogP contribution in [-0.2, 0) is 4.74 Å². The molecule has 2 rings (SSSR count). The lowest BCUT2D eigenvalue weighted by Crippen LogP contribution is -2.50. The number of amides is 1. The zero-order chi connectivity index (χ0) is 14.7. The van der Waals surface area contributed by atoms with Crippen molar-refractivity contribution in [3.8, 4) is 0 Å². The molecular weight excluding hydrogens is 441 g/mol. The highest BCUT2D eigenvalue weighted by Gasteiger charge is 2.28. The van der Waals surface area contributed by atoms with Gasteiger partial charge >= 0.3 is 0 Å². The number of nitrogens with two attached hydrogens (primary N) is 1. The number of nitrogens with zero attached hydrogens (tertiary/aromatic N) is 2. The van der Waals surface area contributed by atoms with Crippen LogP contribution in [0.1, 0.15) is 10.4 Å². The first kappa shape index (κ1) is 15.5. The Labute approximate surface area is 138 Å². The van der Waals surface area contributed by atoms with Crippen molar-refractivity contribution in [2.75, 3.05) is 19.7 Å². The zero-order valence-corrected chi connectivity index (χ0v) is 14.2. The van der Waals surface area contributed by atoms with Gasteiger partial charge in [0.15, 0.2) is 5.84 Å². The Kier molecular flexibility index (Phi) is 5.22. The van der Waals surface area contributed by atoms with Crippen LogP contribution in [0.25, 0.3) is 0 Å². The van der Waals surface area contributed by atoms with Gasteiger partial charge in [-0.1, -0.05) is 5.16 Å². The molecule has 0 aliphatic carbocycles. The normalized spacial score (nSPS) is 20.0. The Morgan fingerprint density at radius 3 is 3.05 bits per heavy atom. The first-order chi connectivity index (χ1) is 9.52. The van der Waals surface area contributed by atoms with E-state index in [1.165, 1.54) is 0 Å². The molecule has 3 N–H and O–H groups in total. The van der Waals surface area contributed by atoms with Gasteiger partial charge in [-0.2, -0.15) is 0 Å². The van der Waals surface area contributed by atoms with Crippen molar-refractivity contribution in [3.63, 3.8) is 0 Å². The standard InChI is InChI=1S/C12H13BrIN3O3/c13-9-2-1-7(14)5-8(9)12(18)17-3-4-20-10(6-17)11(15)16-19/h1-2,5,10,19H,3-4,6H2,(H2,15,16). The van der Waals surface area contributed by atoms with Gasteiger partial charge in [0.05, 0.1) is 18.7 Å². The third-order valence-electron chi connectivity index (χ3n) is 2.96. The second kappa shape index (κ2) is 6.72. The van der Waals surface area contributed by atoms with E-state index in [0.29, 0.717) is 18.7 Å². The molecule has 1 saturated heterocycles. The second-order valence-electron chi connectivity index (χ2n) is 4.26. The number of carbonyl (C=O) groups excluding carboxylic acids is 1. The average molecular weight is 454 g/mol. The van der Waals surface area contributed by atoms with E-state index >= 15 is 0 Å². The van der Waals surface area contributed by atoms with E-state index < -0.39 is 6.10 Å². The lowest BCUT2D eigenvalue weighted by atomic mass is 10.1. The summed E-state index contributed by atoms with van der Waals surface area (Å²) in [6, 6.07) is 5.58. The SMILES string of the molecule is N/C(=N/O)C1CN(C(=O)c2cc(I)ccc2Br)CCO1. The van der Waals surface area contributed by atoms with Crippen LogP contribution >= 0.6 is 38.5 Å². The van der Waals surface area contributed by atoms with E-state index in [2.05, 4.69) is 43.7 Å². The van der Waals surface area contributed by atoms with Gasteiger partial charge in [-0.05, 0) is 56.7 Å². The molecule has 0 bridgehead atoms.